The molecule has 0 aromatic heterocycles. The van der Waals surface area contributed by atoms with Crippen LogP contribution < -0.4 is 14.8 Å². The molecule has 0 spiro atoms. The van der Waals surface area contributed by atoms with E-state index in [-0.39, 0.29) is 31.1 Å². The van der Waals surface area contributed by atoms with Crippen LogP contribution >= 0.6 is 0 Å². The number of rotatable bonds is 10. The number of carbonyl (C=O) groups excluding carboxylic acids is 2. The minimum Gasteiger partial charge on any atom is -0.490 e. The summed E-state index contributed by atoms with van der Waals surface area (Å²) in [5.41, 5.74) is -0.669. The summed E-state index contributed by atoms with van der Waals surface area (Å²) in [6, 6.07) is 6.63. The molecule has 1 aliphatic heterocycles. The Labute approximate surface area is 212 Å². The molecule has 2 atom stereocenters. The number of morpholine rings is 1. The molecule has 1 aromatic carbocycles. The lowest BCUT2D eigenvalue weighted by Gasteiger charge is -2.32. The van der Waals surface area contributed by atoms with Gasteiger partial charge in [0.2, 0.25) is 12.7 Å². The molecular formula is C25H39N3O8. The van der Waals surface area contributed by atoms with Crippen molar-refractivity contribution in [3.8, 4) is 11.5 Å². The number of para-hydroxylation sites is 2. The van der Waals surface area contributed by atoms with E-state index in [1.54, 1.807) is 20.8 Å². The lowest BCUT2D eigenvalue weighted by atomic mass is 10.0. The summed E-state index contributed by atoms with van der Waals surface area (Å²) in [5.74, 6) is 0.875. The van der Waals surface area contributed by atoms with Crippen LogP contribution in [0.5, 0.6) is 11.5 Å². The third-order valence-corrected chi connectivity index (χ3v) is 4.99. The third kappa shape index (κ3) is 9.80. The molecule has 202 valence electrons. The maximum atomic E-state index is 12.5. The van der Waals surface area contributed by atoms with Crippen LogP contribution in [0.3, 0.4) is 0 Å². The maximum Gasteiger partial charge on any atom is 0.412 e. The molecule has 36 heavy (non-hydrogen) atoms. The molecule has 2 amide bonds. The second-order valence-corrected chi connectivity index (χ2v) is 9.53. The Balaban J connectivity index is 1.79. The van der Waals surface area contributed by atoms with Gasteiger partial charge in [0.1, 0.15) is 24.4 Å². The molecule has 1 aliphatic rings. The minimum atomic E-state index is -0.733. The molecule has 0 radical (unpaired) electrons. The van der Waals surface area contributed by atoms with Crippen molar-refractivity contribution in [3.63, 3.8) is 0 Å². The monoisotopic (exact) mass is 509 g/mol. The lowest BCUT2D eigenvalue weighted by Crippen LogP contribution is -2.48. The molecular weight excluding hydrogens is 470 g/mol. The molecule has 2 rings (SSSR count). The molecule has 11 heteroatoms. The van der Waals surface area contributed by atoms with E-state index >= 15 is 0 Å². The number of carbonyl (C=O) groups is 2. The maximum absolute atomic E-state index is 12.5. The summed E-state index contributed by atoms with van der Waals surface area (Å²) in [6.07, 6.45) is -1.59. The van der Waals surface area contributed by atoms with Crippen molar-refractivity contribution >= 4 is 18.1 Å². The van der Waals surface area contributed by atoms with E-state index in [0.717, 1.165) is 0 Å². The number of alkyl carbamates (subject to hydrolysis) is 1. The first-order chi connectivity index (χ1) is 17.0. The van der Waals surface area contributed by atoms with Crippen molar-refractivity contribution in [2.24, 2.45) is 5.92 Å². The van der Waals surface area contributed by atoms with Crippen molar-refractivity contribution in [2.45, 2.75) is 59.3 Å². The molecule has 1 saturated heterocycles. The van der Waals surface area contributed by atoms with Crippen molar-refractivity contribution in [3.05, 3.63) is 24.3 Å². The Morgan fingerprint density at radius 1 is 1.17 bits per heavy atom. The van der Waals surface area contributed by atoms with E-state index in [9.17, 15) is 9.59 Å². The van der Waals surface area contributed by atoms with Gasteiger partial charge in [-0.25, -0.2) is 9.59 Å². The van der Waals surface area contributed by atoms with E-state index in [1.807, 2.05) is 45.0 Å². The molecule has 1 unspecified atom stereocenters. The molecule has 1 fully saturated rings. The van der Waals surface area contributed by atoms with E-state index in [0.29, 0.717) is 31.3 Å². The summed E-state index contributed by atoms with van der Waals surface area (Å²) < 4.78 is 32.9. The highest BCUT2D eigenvalue weighted by atomic mass is 16.7. The molecule has 0 aliphatic carbocycles. The van der Waals surface area contributed by atoms with Gasteiger partial charge in [0.05, 0.1) is 19.8 Å². The Bertz CT molecular complexity index is 871. The van der Waals surface area contributed by atoms with Crippen LogP contribution in [0.25, 0.3) is 0 Å². The normalized spacial score (nSPS) is 16.6. The number of ether oxygens (including phenoxy) is 6. The molecule has 1 aromatic rings. The molecule has 1 heterocycles. The molecule has 2 N–H and O–H groups in total. The van der Waals surface area contributed by atoms with E-state index in [1.165, 1.54) is 4.90 Å². The summed E-state index contributed by atoms with van der Waals surface area (Å²) >= 11 is 0. The largest absolute Gasteiger partial charge is 0.490 e. The Morgan fingerprint density at radius 3 is 2.44 bits per heavy atom. The standard InChI is InChI=1S/C25H39N3O8/c1-7-31-19-10-8-9-11-20(19)33-15-18-14-28(12-13-32-18)24(30)35-16-34-22(26)21(17(2)3)27-23(29)36-25(4,5)6/h8-11,17-18,21,26H,7,12-16H2,1-6H3,(H,27,29)/t18?,21-/m1/s1. The van der Waals surface area contributed by atoms with Gasteiger partial charge in [-0.3, -0.25) is 5.41 Å². The van der Waals surface area contributed by atoms with Crippen LogP contribution in [0, 0.1) is 11.3 Å². The first kappa shape index (κ1) is 29.0. The highest BCUT2D eigenvalue weighted by Crippen LogP contribution is 2.26. The second-order valence-electron chi connectivity index (χ2n) is 9.53. The van der Waals surface area contributed by atoms with E-state index < -0.39 is 30.6 Å². The summed E-state index contributed by atoms with van der Waals surface area (Å²) in [6.45, 7) is 12.1. The zero-order valence-corrected chi connectivity index (χ0v) is 22.0. The van der Waals surface area contributed by atoms with Crippen molar-refractivity contribution < 1.29 is 38.0 Å². The number of amides is 2. The zero-order valence-electron chi connectivity index (χ0n) is 22.0. The first-order valence-electron chi connectivity index (χ1n) is 12.1. The number of nitrogens with one attached hydrogen (secondary N) is 2. The number of nitrogens with zero attached hydrogens (tertiary/aromatic N) is 1. The average molecular weight is 510 g/mol. The van der Waals surface area contributed by atoms with Gasteiger partial charge in [-0.05, 0) is 45.7 Å². The minimum absolute atomic E-state index is 0.145. The van der Waals surface area contributed by atoms with Gasteiger partial charge in [0.25, 0.3) is 0 Å². The lowest BCUT2D eigenvalue weighted by molar-refractivity contribution is -0.0535. The van der Waals surface area contributed by atoms with Crippen LogP contribution in [-0.2, 0) is 18.9 Å². The van der Waals surface area contributed by atoms with Crippen LogP contribution in [0.4, 0.5) is 9.59 Å². The summed E-state index contributed by atoms with van der Waals surface area (Å²) in [5, 5.41) is 10.8. The third-order valence-electron chi connectivity index (χ3n) is 4.99. The van der Waals surface area contributed by atoms with Crippen LogP contribution in [0.1, 0.15) is 41.5 Å². The fraction of sp³-hybridized carbons (Fsp3) is 0.640. The summed E-state index contributed by atoms with van der Waals surface area (Å²) in [7, 11) is 0. The van der Waals surface area contributed by atoms with Gasteiger partial charge in [-0.15, -0.1) is 0 Å². The van der Waals surface area contributed by atoms with Crippen LogP contribution in [0.2, 0.25) is 0 Å². The van der Waals surface area contributed by atoms with Crippen LogP contribution in [-0.4, -0.2) is 80.4 Å². The summed E-state index contributed by atoms with van der Waals surface area (Å²) in [4.78, 5) is 26.1. The number of hydrogen-bond donors (Lipinski definition) is 2. The van der Waals surface area contributed by atoms with Crippen LogP contribution in [0.15, 0.2) is 24.3 Å². The second kappa shape index (κ2) is 13.8. The van der Waals surface area contributed by atoms with Gasteiger partial charge in [-0.2, -0.15) is 0 Å². The molecule has 0 bridgehead atoms. The highest BCUT2D eigenvalue weighted by Gasteiger charge is 2.28. The van der Waals surface area contributed by atoms with Gasteiger partial charge in [-0.1, -0.05) is 26.0 Å². The zero-order chi connectivity index (χ0) is 26.7. The van der Waals surface area contributed by atoms with Crippen molar-refractivity contribution in [2.75, 3.05) is 39.7 Å². The number of benzene rings is 1. The first-order valence-corrected chi connectivity index (χ1v) is 12.1. The Kier molecular flexibility index (Phi) is 11.1. The fourth-order valence-corrected chi connectivity index (χ4v) is 3.31. The van der Waals surface area contributed by atoms with Gasteiger partial charge in [0.15, 0.2) is 11.5 Å². The van der Waals surface area contributed by atoms with E-state index in [2.05, 4.69) is 5.32 Å². The average Bonchev–Trinajstić information content (AvgIpc) is 2.81. The Hall–Kier alpha value is -3.21. The predicted octanol–water partition coefficient (Wildman–Crippen LogP) is 3.80. The van der Waals surface area contributed by atoms with Crippen molar-refractivity contribution in [1.29, 1.82) is 5.41 Å². The van der Waals surface area contributed by atoms with Gasteiger partial charge >= 0.3 is 12.2 Å². The van der Waals surface area contributed by atoms with Gasteiger partial charge in [0, 0.05) is 6.54 Å². The SMILES string of the molecule is CCOc1ccccc1OCC1CN(C(=O)OCOC(=N)[C@H](NC(=O)OC(C)(C)C)C(C)C)CCO1. The fourth-order valence-electron chi connectivity index (χ4n) is 3.31. The highest BCUT2D eigenvalue weighted by molar-refractivity contribution is 5.83. The number of hydrogen-bond acceptors (Lipinski definition) is 9. The van der Waals surface area contributed by atoms with E-state index in [4.69, 9.17) is 33.8 Å². The molecule has 11 nitrogen and oxygen atoms in total. The molecule has 0 saturated carbocycles. The topological polar surface area (TPSA) is 129 Å². The predicted molar refractivity (Wildman–Crippen MR) is 133 cm³/mol. The van der Waals surface area contributed by atoms with Crippen molar-refractivity contribution in [1.82, 2.24) is 10.2 Å². The quantitative estimate of drug-likeness (QED) is 0.277. The van der Waals surface area contributed by atoms with Gasteiger partial charge < -0.3 is 38.6 Å². The Morgan fingerprint density at radius 2 is 1.83 bits per heavy atom. The smallest absolute Gasteiger partial charge is 0.412 e.